The van der Waals surface area contributed by atoms with Crippen LogP contribution in [0.5, 0.6) is 0 Å². The fraction of sp³-hybridized carbons (Fsp3) is 0.476. The number of hydrogen-bond acceptors (Lipinski definition) is 3. The molecule has 0 unspecified atom stereocenters. The molecule has 0 bridgehead atoms. The number of alkyl halides is 2. The van der Waals surface area contributed by atoms with Gasteiger partial charge in [-0.2, -0.15) is 0 Å². The van der Waals surface area contributed by atoms with E-state index in [9.17, 15) is 13.6 Å². The Hall–Kier alpha value is -2.01. The lowest BCUT2D eigenvalue weighted by Gasteiger charge is -2.14. The maximum Gasteiger partial charge on any atom is 0.332 e. The summed E-state index contributed by atoms with van der Waals surface area (Å²) in [6, 6.07) is 12.5. The highest BCUT2D eigenvalue weighted by Crippen LogP contribution is 2.27. The second-order valence-corrected chi connectivity index (χ2v) is 6.68. The summed E-state index contributed by atoms with van der Waals surface area (Å²) in [5, 5.41) is 2.27. The molecule has 0 atom stereocenters. The first kappa shape index (κ1) is 20.3. The van der Waals surface area contributed by atoms with Crippen molar-refractivity contribution in [1.82, 2.24) is 0 Å². The number of rotatable bonds is 9. The Labute approximate surface area is 153 Å². The molecule has 0 aromatic heterocycles. The quantitative estimate of drug-likeness (QED) is 0.554. The second-order valence-electron chi connectivity index (χ2n) is 6.68. The van der Waals surface area contributed by atoms with E-state index in [1.807, 2.05) is 18.2 Å². The molecule has 0 radical (unpaired) electrons. The Bertz CT molecular complexity index is 734. The topological polar surface area (TPSA) is 35.5 Å². The van der Waals surface area contributed by atoms with Crippen LogP contribution in [0.2, 0.25) is 0 Å². The third kappa shape index (κ3) is 6.06. The number of fused-ring (bicyclic) bond motifs is 1. The van der Waals surface area contributed by atoms with E-state index in [4.69, 9.17) is 4.74 Å². The maximum atomic E-state index is 12.6. The molecule has 0 saturated carbocycles. The number of ether oxygens (including phenoxy) is 2. The van der Waals surface area contributed by atoms with E-state index in [0.717, 1.165) is 23.8 Å². The summed E-state index contributed by atoms with van der Waals surface area (Å²) >= 11 is 0. The first-order valence-electron chi connectivity index (χ1n) is 8.96. The summed E-state index contributed by atoms with van der Waals surface area (Å²) in [5.41, 5.74) is 2.27. The number of halogens is 2. The molecule has 142 valence electrons. The minimum absolute atomic E-state index is 0.224. The van der Waals surface area contributed by atoms with E-state index in [0.29, 0.717) is 12.8 Å². The predicted molar refractivity (Wildman–Crippen MR) is 98.5 cm³/mol. The number of carbonyl (C=O) groups excluding carboxylic acids is 1. The van der Waals surface area contributed by atoms with Gasteiger partial charge in [0.2, 0.25) is 0 Å². The normalized spacial score (nSPS) is 11.9. The summed E-state index contributed by atoms with van der Waals surface area (Å²) in [7, 11) is 0. The van der Waals surface area contributed by atoms with Crippen LogP contribution >= 0.6 is 0 Å². The highest BCUT2D eigenvalue weighted by Gasteiger charge is 2.23. The first-order valence-corrected chi connectivity index (χ1v) is 8.96. The molecule has 0 fully saturated rings. The van der Waals surface area contributed by atoms with E-state index in [1.165, 1.54) is 10.9 Å². The van der Waals surface area contributed by atoms with Crippen LogP contribution in [-0.4, -0.2) is 25.1 Å². The lowest BCUT2D eigenvalue weighted by Crippen LogP contribution is -2.23. The zero-order valence-electron chi connectivity index (χ0n) is 15.6. The van der Waals surface area contributed by atoms with Gasteiger partial charge in [0.1, 0.15) is 6.61 Å². The van der Waals surface area contributed by atoms with Crippen LogP contribution in [0.3, 0.4) is 0 Å². The highest BCUT2D eigenvalue weighted by atomic mass is 19.3. The van der Waals surface area contributed by atoms with Gasteiger partial charge >= 0.3 is 5.97 Å². The monoisotopic (exact) mass is 364 g/mol. The Morgan fingerprint density at radius 3 is 2.38 bits per heavy atom. The molecule has 0 aliphatic heterocycles. The lowest BCUT2D eigenvalue weighted by molar-refractivity contribution is -0.159. The molecule has 2 rings (SSSR count). The van der Waals surface area contributed by atoms with Crippen molar-refractivity contribution in [2.45, 2.75) is 52.1 Å². The molecule has 0 aliphatic rings. The molecule has 0 heterocycles. The molecule has 0 saturated heterocycles. The van der Waals surface area contributed by atoms with Crippen molar-refractivity contribution in [2.24, 2.45) is 0 Å². The largest absolute Gasteiger partial charge is 0.458 e. The van der Waals surface area contributed by atoms with Crippen LogP contribution in [0.1, 0.15) is 50.7 Å². The van der Waals surface area contributed by atoms with Crippen LogP contribution in [0.4, 0.5) is 8.78 Å². The van der Waals surface area contributed by atoms with Crippen LogP contribution < -0.4 is 0 Å². The zero-order valence-corrected chi connectivity index (χ0v) is 15.6. The van der Waals surface area contributed by atoms with Gasteiger partial charge in [0, 0.05) is 6.92 Å². The molecule has 2 aromatic rings. The number of benzene rings is 2. The molecular weight excluding hydrogens is 338 g/mol. The molecule has 26 heavy (non-hydrogen) atoms. The van der Waals surface area contributed by atoms with Crippen LogP contribution in [0.25, 0.3) is 10.8 Å². The lowest BCUT2D eigenvalue weighted by atomic mass is 9.92. The Morgan fingerprint density at radius 1 is 1.08 bits per heavy atom. The van der Waals surface area contributed by atoms with E-state index in [-0.39, 0.29) is 13.2 Å². The number of hydrogen-bond donors (Lipinski definition) is 0. The van der Waals surface area contributed by atoms with Crippen molar-refractivity contribution in [2.75, 3.05) is 13.2 Å². The summed E-state index contributed by atoms with van der Waals surface area (Å²) < 4.78 is 35.0. The van der Waals surface area contributed by atoms with Crippen LogP contribution in [0, 0.1) is 0 Å². The van der Waals surface area contributed by atoms with Crippen molar-refractivity contribution >= 4 is 16.7 Å². The van der Waals surface area contributed by atoms with Crippen LogP contribution in [0.15, 0.2) is 36.4 Å². The third-order valence-corrected chi connectivity index (χ3v) is 4.36. The Morgan fingerprint density at radius 2 is 1.73 bits per heavy atom. The smallest absolute Gasteiger partial charge is 0.332 e. The van der Waals surface area contributed by atoms with Crippen molar-refractivity contribution in [3.05, 3.63) is 47.5 Å². The van der Waals surface area contributed by atoms with Gasteiger partial charge in [-0.1, -0.05) is 44.2 Å². The second kappa shape index (κ2) is 9.08. The molecule has 2 aromatic carbocycles. The number of carbonyl (C=O) groups is 1. The zero-order chi connectivity index (χ0) is 19.2. The van der Waals surface area contributed by atoms with Gasteiger partial charge < -0.3 is 9.47 Å². The number of esters is 1. The minimum atomic E-state index is -3.03. The van der Waals surface area contributed by atoms with E-state index >= 15 is 0 Å². The Balaban J connectivity index is 1.93. The van der Waals surface area contributed by atoms with E-state index in [1.54, 1.807) is 0 Å². The molecule has 0 amide bonds. The standard InChI is InChI=1S/C21H26F2O3/c1-4-16(5-2)18-9-8-17-10-15(6-7-19(17)11-18)12-25-13-20(24)26-14-21(3,22)23/h6-11,16H,4-5,12-14H2,1-3H3. The van der Waals surface area contributed by atoms with Gasteiger partial charge in [-0.15, -0.1) is 0 Å². The van der Waals surface area contributed by atoms with E-state index < -0.39 is 18.5 Å². The van der Waals surface area contributed by atoms with Crippen LogP contribution in [-0.2, 0) is 20.9 Å². The van der Waals surface area contributed by atoms with Crippen molar-refractivity contribution in [3.63, 3.8) is 0 Å². The molecule has 0 spiro atoms. The van der Waals surface area contributed by atoms with Gasteiger partial charge in [-0.25, -0.2) is 13.6 Å². The van der Waals surface area contributed by atoms with Gasteiger partial charge in [0.25, 0.3) is 5.92 Å². The SMILES string of the molecule is CCC(CC)c1ccc2cc(COCC(=O)OCC(C)(F)F)ccc2c1. The third-order valence-electron chi connectivity index (χ3n) is 4.36. The summed E-state index contributed by atoms with van der Waals surface area (Å²) in [5.74, 6) is -3.24. The van der Waals surface area contributed by atoms with E-state index in [2.05, 4.69) is 36.8 Å². The van der Waals surface area contributed by atoms with Gasteiger partial charge in [-0.05, 0) is 46.7 Å². The van der Waals surface area contributed by atoms with Gasteiger partial charge in [0.15, 0.2) is 6.61 Å². The van der Waals surface area contributed by atoms with Crippen molar-refractivity contribution < 1.29 is 23.0 Å². The average molecular weight is 364 g/mol. The minimum Gasteiger partial charge on any atom is -0.458 e. The molecule has 3 nitrogen and oxygen atoms in total. The summed E-state index contributed by atoms with van der Waals surface area (Å²) in [6.07, 6.45) is 2.24. The average Bonchev–Trinajstić information content (AvgIpc) is 2.60. The fourth-order valence-electron chi connectivity index (χ4n) is 2.92. The van der Waals surface area contributed by atoms with Gasteiger partial charge in [0.05, 0.1) is 6.61 Å². The molecule has 0 N–H and O–H groups in total. The van der Waals surface area contributed by atoms with Gasteiger partial charge in [-0.3, -0.25) is 0 Å². The molecular formula is C21H26F2O3. The first-order chi connectivity index (χ1) is 12.3. The van der Waals surface area contributed by atoms with Crippen molar-refractivity contribution in [3.8, 4) is 0 Å². The van der Waals surface area contributed by atoms with Crippen molar-refractivity contribution in [1.29, 1.82) is 0 Å². The Kier molecular flexibility index (Phi) is 7.09. The molecule has 5 heteroatoms. The maximum absolute atomic E-state index is 12.6. The summed E-state index contributed by atoms with van der Waals surface area (Å²) in [6.45, 7) is 4.05. The summed E-state index contributed by atoms with van der Waals surface area (Å²) in [4.78, 5) is 11.4. The predicted octanol–water partition coefficient (Wildman–Crippen LogP) is 5.46. The fourth-order valence-corrected chi connectivity index (χ4v) is 2.92. The molecule has 0 aliphatic carbocycles. The highest BCUT2D eigenvalue weighted by molar-refractivity contribution is 5.84.